The lowest BCUT2D eigenvalue weighted by molar-refractivity contribution is -0.138. The second-order valence-electron chi connectivity index (χ2n) is 10.9. The van der Waals surface area contributed by atoms with E-state index in [1.165, 1.54) is 6.20 Å². The molecule has 14 heteroatoms. The molecule has 240 valence electrons. The van der Waals surface area contributed by atoms with Gasteiger partial charge >= 0.3 is 5.97 Å². The summed E-state index contributed by atoms with van der Waals surface area (Å²) in [6.07, 6.45) is 9.33. The number of anilines is 4. The Balaban J connectivity index is 1.38. The van der Waals surface area contributed by atoms with Crippen molar-refractivity contribution in [2.75, 3.05) is 75.5 Å². The van der Waals surface area contributed by atoms with Gasteiger partial charge in [-0.2, -0.15) is 4.98 Å². The summed E-state index contributed by atoms with van der Waals surface area (Å²) in [6.45, 7) is 9.30. The Hall–Kier alpha value is -3.39. The highest BCUT2D eigenvalue weighted by Crippen LogP contribution is 2.34. The number of likely N-dealkylation sites (N-methyl/N-ethyl adjacent to an activating group) is 1. The average molecular weight is 647 g/mol. The summed E-state index contributed by atoms with van der Waals surface area (Å²) in [6, 6.07) is 6.35. The van der Waals surface area contributed by atoms with Gasteiger partial charge in [0.2, 0.25) is 5.95 Å². The molecule has 0 spiro atoms. The minimum atomic E-state index is -0.760. The number of allylic oxidation sites excluding steroid dienone is 3. The first-order valence-electron chi connectivity index (χ1n) is 14.8. The third-order valence-corrected chi connectivity index (χ3v) is 8.79. The Morgan fingerprint density at radius 3 is 2.61 bits per heavy atom. The number of nitrogens with zero attached hydrogens (tertiary/aromatic N) is 6. The molecule has 4 rings (SSSR count). The van der Waals surface area contributed by atoms with Crippen LogP contribution in [0, 0.1) is 0 Å². The van der Waals surface area contributed by atoms with Crippen LogP contribution in [0.3, 0.4) is 0 Å². The van der Waals surface area contributed by atoms with Gasteiger partial charge in [0, 0.05) is 69.8 Å². The summed E-state index contributed by atoms with van der Waals surface area (Å²) in [5.74, 6) is 0.714. The number of rotatable bonds is 13. The summed E-state index contributed by atoms with van der Waals surface area (Å²) in [5, 5.41) is 16.0. The molecular weight excluding hydrogens is 604 g/mol. The summed E-state index contributed by atoms with van der Waals surface area (Å²) in [5.41, 5.74) is 2.61. The first kappa shape index (κ1) is 33.5. The summed E-state index contributed by atoms with van der Waals surface area (Å²) in [4.78, 5) is 26.9. The van der Waals surface area contributed by atoms with Crippen molar-refractivity contribution in [2.24, 2.45) is 0 Å². The second kappa shape index (κ2) is 16.1. The number of ether oxygens (including phenoxy) is 1. The van der Waals surface area contributed by atoms with Crippen LogP contribution >= 0.6 is 11.6 Å². The first-order valence-corrected chi connectivity index (χ1v) is 15.9. The number of nitrogens with one attached hydrogen (secondary N) is 2. The van der Waals surface area contributed by atoms with Crippen LogP contribution in [0.2, 0.25) is 5.02 Å². The number of hydrogen-bond acceptors (Lipinski definition) is 10. The predicted molar refractivity (Wildman–Crippen MR) is 177 cm³/mol. The molecule has 3 N–H and O–H groups in total. The van der Waals surface area contributed by atoms with Crippen molar-refractivity contribution in [3.8, 4) is 5.75 Å². The molecule has 1 atom stereocenters. The molecule has 1 aromatic carbocycles. The Kier molecular flexibility index (Phi) is 12.2. The summed E-state index contributed by atoms with van der Waals surface area (Å²) < 4.78 is 18.9. The zero-order valence-electron chi connectivity index (χ0n) is 25.7. The van der Waals surface area contributed by atoms with E-state index in [9.17, 15) is 9.00 Å². The van der Waals surface area contributed by atoms with E-state index < -0.39 is 5.97 Å². The molecule has 1 unspecified atom stereocenters. The Bertz CT molecular complexity index is 1350. The van der Waals surface area contributed by atoms with Gasteiger partial charge in [0.1, 0.15) is 22.6 Å². The maximum Gasteiger partial charge on any atom is 0.317 e. The molecule has 12 nitrogen and oxygen atoms in total. The fourth-order valence-electron chi connectivity index (χ4n) is 5.65. The number of piperidine rings is 1. The van der Waals surface area contributed by atoms with Gasteiger partial charge in [-0.05, 0) is 44.9 Å². The highest BCUT2D eigenvalue weighted by atomic mass is 35.5. The fourth-order valence-corrected chi connectivity index (χ4v) is 6.13. The third kappa shape index (κ3) is 8.84. The van der Waals surface area contributed by atoms with E-state index in [2.05, 4.69) is 36.5 Å². The number of thiol groups is 1. The van der Waals surface area contributed by atoms with Gasteiger partial charge in [-0.3, -0.25) is 18.9 Å². The van der Waals surface area contributed by atoms with Crippen molar-refractivity contribution < 1.29 is 18.8 Å². The molecule has 2 aromatic rings. The minimum absolute atomic E-state index is 0.122. The lowest BCUT2D eigenvalue weighted by atomic mass is 10.0. The number of carboxylic acid groups (broad SMARTS) is 1. The van der Waals surface area contributed by atoms with E-state index in [4.69, 9.17) is 21.4 Å². The highest BCUT2D eigenvalue weighted by molar-refractivity contribution is 7.63. The number of piperazine rings is 1. The normalized spacial score (nSPS) is 17.9. The monoisotopic (exact) mass is 646 g/mol. The Labute approximate surface area is 268 Å². The maximum atomic E-state index is 11.5. The number of hydrogen-bond donors (Lipinski definition) is 4. The van der Waals surface area contributed by atoms with Crippen LogP contribution in [0.5, 0.6) is 5.75 Å². The van der Waals surface area contributed by atoms with Gasteiger partial charge < -0.3 is 25.4 Å². The van der Waals surface area contributed by atoms with Gasteiger partial charge in [-0.15, -0.1) is 0 Å². The minimum Gasteiger partial charge on any atom is -0.494 e. The molecule has 0 amide bonds. The van der Waals surface area contributed by atoms with Crippen molar-refractivity contribution in [2.45, 2.75) is 38.8 Å². The number of aromatic nitrogens is 2. The number of aliphatic carboxylic acids is 1. The molecule has 3 heterocycles. The molecule has 44 heavy (non-hydrogen) atoms. The van der Waals surface area contributed by atoms with Crippen LogP contribution < -0.4 is 20.3 Å². The zero-order chi connectivity index (χ0) is 31.6. The van der Waals surface area contributed by atoms with Crippen LogP contribution in [0.1, 0.15) is 26.7 Å². The molecule has 2 saturated heterocycles. The number of halogens is 1. The molecule has 0 saturated carbocycles. The van der Waals surface area contributed by atoms with Crippen LogP contribution in [-0.2, 0) is 16.6 Å². The number of benzene rings is 1. The molecule has 1 aromatic heterocycles. The van der Waals surface area contributed by atoms with E-state index in [1.807, 2.05) is 49.1 Å². The van der Waals surface area contributed by atoms with E-state index in [0.29, 0.717) is 28.6 Å². The van der Waals surface area contributed by atoms with Crippen LogP contribution in [-0.4, -0.2) is 111 Å². The molecule has 0 radical (unpaired) electrons. The molecule has 2 fully saturated rings. The fraction of sp³-hybridized carbons (Fsp3) is 0.500. The number of carbonyl (C=O) groups is 1. The number of carboxylic acids is 1. The third-order valence-electron chi connectivity index (χ3n) is 8.04. The quantitative estimate of drug-likeness (QED) is 0.188. The van der Waals surface area contributed by atoms with Gasteiger partial charge in [0.05, 0.1) is 31.6 Å². The largest absolute Gasteiger partial charge is 0.494 e. The smallest absolute Gasteiger partial charge is 0.317 e. The van der Waals surface area contributed by atoms with Gasteiger partial charge in [0.25, 0.3) is 0 Å². The second-order valence-corrected chi connectivity index (χ2v) is 12.1. The van der Waals surface area contributed by atoms with Crippen LogP contribution in [0.25, 0.3) is 0 Å². The molecular formula is C30H43ClN8O4S. The molecule has 0 bridgehead atoms. The SMILES string of the molecule is C/C=C\C=C(/C(C)Nc1nc(Nc2ccc(N3CCC(N4CCN(CC(=O)O)CC4)CC3)cc2OC)ncc1Cl)N(C)[SH]=O. The van der Waals surface area contributed by atoms with E-state index >= 15 is 0 Å². The summed E-state index contributed by atoms with van der Waals surface area (Å²) in [7, 11) is 3.38. The standard InChI is InChI=1S/C30H43ClN8O4S/c1-5-6-7-26(36(3)44-42)21(2)33-29-24(31)19-32-30(35-29)34-25-9-8-23(18-27(25)43-4)38-12-10-22(11-13-38)39-16-14-37(15-17-39)20-28(40)41/h5-9,18-19,21-22,44H,10-17,20H2,1-4H3,(H,40,41)(H2,32,33,34,35)/b6-5-,26-7+. The molecule has 2 aliphatic heterocycles. The Morgan fingerprint density at radius 2 is 1.98 bits per heavy atom. The Morgan fingerprint density at radius 1 is 1.25 bits per heavy atom. The first-order chi connectivity index (χ1) is 21.2. The van der Waals surface area contributed by atoms with Gasteiger partial charge in [-0.1, -0.05) is 23.8 Å². The van der Waals surface area contributed by atoms with Crippen molar-refractivity contribution in [1.82, 2.24) is 24.1 Å². The highest BCUT2D eigenvalue weighted by Gasteiger charge is 2.28. The lowest BCUT2D eigenvalue weighted by Crippen LogP contribution is -2.53. The van der Waals surface area contributed by atoms with Crippen molar-refractivity contribution in [3.63, 3.8) is 0 Å². The van der Waals surface area contributed by atoms with E-state index in [1.54, 1.807) is 18.5 Å². The van der Waals surface area contributed by atoms with Crippen molar-refractivity contribution >= 4 is 52.6 Å². The van der Waals surface area contributed by atoms with Crippen LogP contribution in [0.4, 0.5) is 23.1 Å². The lowest BCUT2D eigenvalue weighted by Gasteiger charge is -2.43. The topological polar surface area (TPSA) is 126 Å². The average Bonchev–Trinajstić information content (AvgIpc) is 3.03. The predicted octanol–water partition coefficient (Wildman–Crippen LogP) is 3.61. The van der Waals surface area contributed by atoms with Gasteiger partial charge in [0.15, 0.2) is 5.82 Å². The molecule has 2 aliphatic rings. The van der Waals surface area contributed by atoms with Gasteiger partial charge in [-0.25, -0.2) is 9.19 Å². The van der Waals surface area contributed by atoms with Crippen molar-refractivity contribution in [1.29, 1.82) is 0 Å². The van der Waals surface area contributed by atoms with Crippen molar-refractivity contribution in [3.05, 3.63) is 53.3 Å². The summed E-state index contributed by atoms with van der Waals surface area (Å²) >= 11 is 6.31. The van der Waals surface area contributed by atoms with E-state index in [0.717, 1.165) is 69.2 Å². The van der Waals surface area contributed by atoms with Crippen LogP contribution in [0.15, 0.2) is 48.3 Å². The number of methoxy groups -OCH3 is 1. The maximum absolute atomic E-state index is 11.5. The van der Waals surface area contributed by atoms with E-state index in [-0.39, 0.29) is 24.4 Å². The zero-order valence-corrected chi connectivity index (χ0v) is 27.4. The molecule has 0 aliphatic carbocycles.